The van der Waals surface area contributed by atoms with E-state index in [0.29, 0.717) is 30.6 Å². The fraction of sp³-hybridized carbons (Fsp3) is 0.240. The van der Waals surface area contributed by atoms with Crippen LogP contribution in [0.5, 0.6) is 0 Å². The van der Waals surface area contributed by atoms with Crippen LogP contribution in [-0.2, 0) is 6.54 Å². The number of thiophene rings is 1. The average molecular weight is 414 g/mol. The zero-order valence-electron chi connectivity index (χ0n) is 17.4. The van der Waals surface area contributed by atoms with Crippen LogP contribution in [0.15, 0.2) is 53.3 Å². The Balaban J connectivity index is 2.00. The normalized spacial score (nSPS) is 11.0. The van der Waals surface area contributed by atoms with Gasteiger partial charge in [0.05, 0.1) is 11.5 Å². The van der Waals surface area contributed by atoms with E-state index in [-0.39, 0.29) is 5.56 Å². The van der Waals surface area contributed by atoms with Crippen LogP contribution < -0.4 is 5.56 Å². The van der Waals surface area contributed by atoms with Crippen LogP contribution in [0.2, 0.25) is 0 Å². The van der Waals surface area contributed by atoms with Gasteiger partial charge < -0.3 is 0 Å². The number of hydrogen-bond donors (Lipinski definition) is 0. The van der Waals surface area contributed by atoms with Gasteiger partial charge in [-0.05, 0) is 38.8 Å². The van der Waals surface area contributed by atoms with Gasteiger partial charge in [0.1, 0.15) is 10.7 Å². The van der Waals surface area contributed by atoms with Crippen molar-refractivity contribution >= 4 is 21.6 Å². The predicted molar refractivity (Wildman–Crippen MR) is 124 cm³/mol. The number of nitriles is 1. The van der Waals surface area contributed by atoms with E-state index in [1.54, 1.807) is 15.9 Å². The Bertz CT molecular complexity index is 1320. The average Bonchev–Trinajstić information content (AvgIpc) is 3.06. The van der Waals surface area contributed by atoms with E-state index in [4.69, 9.17) is 10.2 Å². The van der Waals surface area contributed by atoms with E-state index in [1.807, 2.05) is 32.0 Å². The van der Waals surface area contributed by atoms with Crippen molar-refractivity contribution in [3.05, 3.63) is 74.9 Å². The minimum atomic E-state index is -0.0330. The highest BCUT2D eigenvalue weighted by Gasteiger charge is 2.20. The lowest BCUT2D eigenvalue weighted by atomic mass is 10.0. The van der Waals surface area contributed by atoms with Crippen LogP contribution in [0.3, 0.4) is 0 Å². The number of benzene rings is 2. The highest BCUT2D eigenvalue weighted by Crippen LogP contribution is 2.36. The molecule has 0 atom stereocenters. The Kier molecular flexibility index (Phi) is 5.52. The molecule has 30 heavy (non-hydrogen) atoms. The van der Waals surface area contributed by atoms with Gasteiger partial charge in [-0.3, -0.25) is 9.36 Å². The van der Waals surface area contributed by atoms with Crippen molar-refractivity contribution in [2.24, 2.45) is 0 Å². The smallest absolute Gasteiger partial charge is 0.263 e. The Morgan fingerprint density at radius 2 is 1.80 bits per heavy atom. The summed E-state index contributed by atoms with van der Waals surface area (Å²) in [6.07, 6.45) is 1.02. The van der Waals surface area contributed by atoms with Gasteiger partial charge in [0.2, 0.25) is 0 Å². The molecule has 4 rings (SSSR count). The maximum Gasteiger partial charge on any atom is 0.263 e. The van der Waals surface area contributed by atoms with Crippen LogP contribution >= 0.6 is 11.3 Å². The van der Waals surface area contributed by atoms with Crippen molar-refractivity contribution < 1.29 is 0 Å². The van der Waals surface area contributed by atoms with Crippen molar-refractivity contribution in [1.82, 2.24) is 9.55 Å². The molecule has 0 aliphatic rings. The molecule has 0 radical (unpaired) electrons. The molecule has 0 N–H and O–H groups in total. The van der Waals surface area contributed by atoms with Crippen molar-refractivity contribution in [3.8, 4) is 28.6 Å². The Morgan fingerprint density at radius 3 is 2.50 bits per heavy atom. The fourth-order valence-electron chi connectivity index (χ4n) is 3.79. The zero-order chi connectivity index (χ0) is 21.3. The summed E-state index contributed by atoms with van der Waals surface area (Å²) >= 11 is 1.57. The molecule has 5 heteroatoms. The molecule has 0 aliphatic heterocycles. The van der Waals surface area contributed by atoms with E-state index < -0.39 is 0 Å². The molecule has 0 saturated carbocycles. The second-order valence-electron chi connectivity index (χ2n) is 7.60. The third-order valence-electron chi connectivity index (χ3n) is 5.27. The predicted octanol–water partition coefficient (Wildman–Crippen LogP) is 6.02. The molecule has 150 valence electrons. The van der Waals surface area contributed by atoms with Gasteiger partial charge in [0.25, 0.3) is 5.56 Å². The third-order valence-corrected chi connectivity index (χ3v) is 6.27. The monoisotopic (exact) mass is 413 g/mol. The molecule has 2 aromatic carbocycles. The molecule has 2 aromatic heterocycles. The molecule has 0 unspecified atom stereocenters. The van der Waals surface area contributed by atoms with Gasteiger partial charge in [0.15, 0.2) is 0 Å². The lowest BCUT2D eigenvalue weighted by Crippen LogP contribution is -2.23. The van der Waals surface area contributed by atoms with Crippen molar-refractivity contribution in [1.29, 1.82) is 5.26 Å². The first-order valence-corrected chi connectivity index (χ1v) is 10.9. The summed E-state index contributed by atoms with van der Waals surface area (Å²) in [5, 5.41) is 9.65. The van der Waals surface area contributed by atoms with Crippen LogP contribution in [0.1, 0.15) is 28.8 Å². The largest absolute Gasteiger partial charge is 0.292 e. The molecule has 0 fully saturated rings. The molecule has 0 amide bonds. The Labute approximate surface area is 180 Å². The lowest BCUT2D eigenvalue weighted by molar-refractivity contribution is 0.634. The molecule has 0 saturated heterocycles. The number of hydrogen-bond acceptors (Lipinski definition) is 4. The lowest BCUT2D eigenvalue weighted by Gasteiger charge is -2.13. The van der Waals surface area contributed by atoms with Crippen molar-refractivity contribution in [3.63, 3.8) is 0 Å². The van der Waals surface area contributed by atoms with Crippen LogP contribution in [-0.4, -0.2) is 9.55 Å². The third kappa shape index (κ3) is 3.67. The Hall–Kier alpha value is -3.23. The SMILES string of the molecule is Cc1ccc(-c2c(C)sc3nc(-c4cccc(C)c4)n(CCCC#N)c(=O)c23)cc1. The van der Waals surface area contributed by atoms with E-state index >= 15 is 0 Å². The number of unbranched alkanes of at least 4 members (excludes halogenated alkanes) is 1. The Morgan fingerprint density at radius 1 is 1.03 bits per heavy atom. The van der Waals surface area contributed by atoms with Gasteiger partial charge in [-0.15, -0.1) is 11.3 Å². The van der Waals surface area contributed by atoms with E-state index in [2.05, 4.69) is 43.3 Å². The van der Waals surface area contributed by atoms with E-state index in [9.17, 15) is 4.79 Å². The van der Waals surface area contributed by atoms with Gasteiger partial charge in [-0.1, -0.05) is 53.6 Å². The van der Waals surface area contributed by atoms with E-state index in [1.165, 1.54) is 5.56 Å². The second kappa shape index (κ2) is 8.25. The zero-order valence-corrected chi connectivity index (χ0v) is 18.2. The quantitative estimate of drug-likeness (QED) is 0.376. The van der Waals surface area contributed by atoms with Crippen molar-refractivity contribution in [2.45, 2.75) is 40.2 Å². The number of rotatable bonds is 5. The summed E-state index contributed by atoms with van der Waals surface area (Å²) in [6.45, 7) is 6.61. The standard InChI is InChI=1S/C25H23N3OS/c1-16-9-11-19(12-10-16)21-18(3)30-24-22(21)25(29)28(14-5-4-13-26)23(27-24)20-8-6-7-17(2)15-20/h6-12,15H,4-5,14H2,1-3H3. The molecular weight excluding hydrogens is 390 g/mol. The molecule has 2 heterocycles. The highest BCUT2D eigenvalue weighted by molar-refractivity contribution is 7.19. The number of nitrogens with zero attached hydrogens (tertiary/aromatic N) is 3. The number of fused-ring (bicyclic) bond motifs is 1. The first-order chi connectivity index (χ1) is 14.5. The van der Waals surface area contributed by atoms with Crippen molar-refractivity contribution in [2.75, 3.05) is 0 Å². The fourth-order valence-corrected chi connectivity index (χ4v) is 4.83. The first-order valence-electron chi connectivity index (χ1n) is 10.0. The minimum absolute atomic E-state index is 0.0330. The number of aryl methyl sites for hydroxylation is 3. The summed E-state index contributed by atoms with van der Waals surface area (Å²) in [7, 11) is 0. The summed E-state index contributed by atoms with van der Waals surface area (Å²) < 4.78 is 1.75. The molecule has 0 aliphatic carbocycles. The maximum atomic E-state index is 13.7. The van der Waals surface area contributed by atoms with Crippen LogP contribution in [0.25, 0.3) is 32.7 Å². The summed E-state index contributed by atoms with van der Waals surface area (Å²) in [5.41, 5.74) is 5.20. The molecular formula is C25H23N3OS. The first kappa shape index (κ1) is 20.1. The summed E-state index contributed by atoms with van der Waals surface area (Å²) in [6, 6.07) is 18.5. The molecule has 4 aromatic rings. The maximum absolute atomic E-state index is 13.7. The molecule has 0 spiro atoms. The van der Waals surface area contributed by atoms with Crippen LogP contribution in [0.4, 0.5) is 0 Å². The summed E-state index contributed by atoms with van der Waals surface area (Å²) in [4.78, 5) is 20.5. The van der Waals surface area contributed by atoms with E-state index in [0.717, 1.165) is 32.0 Å². The minimum Gasteiger partial charge on any atom is -0.292 e. The van der Waals surface area contributed by atoms with Gasteiger partial charge in [-0.25, -0.2) is 4.98 Å². The highest BCUT2D eigenvalue weighted by atomic mass is 32.1. The molecule has 4 nitrogen and oxygen atoms in total. The number of aromatic nitrogens is 2. The second-order valence-corrected chi connectivity index (χ2v) is 8.81. The summed E-state index contributed by atoms with van der Waals surface area (Å²) in [5.74, 6) is 0.672. The van der Waals surface area contributed by atoms with Gasteiger partial charge in [0, 0.05) is 29.0 Å². The van der Waals surface area contributed by atoms with Gasteiger partial charge >= 0.3 is 0 Å². The van der Waals surface area contributed by atoms with Gasteiger partial charge in [-0.2, -0.15) is 5.26 Å². The molecule has 0 bridgehead atoms. The van der Waals surface area contributed by atoms with Crippen LogP contribution in [0, 0.1) is 32.1 Å². The topological polar surface area (TPSA) is 58.7 Å².